The summed E-state index contributed by atoms with van der Waals surface area (Å²) in [7, 11) is 1.82. The largest absolute Gasteiger partial charge is 0.379 e. The van der Waals surface area contributed by atoms with Crippen LogP contribution in [-0.2, 0) is 16.0 Å². The highest BCUT2D eigenvalue weighted by Gasteiger charge is 2.24. The van der Waals surface area contributed by atoms with Crippen molar-refractivity contribution in [1.82, 2.24) is 15.5 Å². The summed E-state index contributed by atoms with van der Waals surface area (Å²) in [5.74, 6) is 0.848. The molecule has 6 heteroatoms. The minimum absolute atomic E-state index is 0.209. The first kappa shape index (κ1) is 20.1. The summed E-state index contributed by atoms with van der Waals surface area (Å²) in [6, 6.07) is 11.5. The molecule has 3 rings (SSSR count). The molecule has 27 heavy (non-hydrogen) atoms. The lowest BCUT2D eigenvalue weighted by molar-refractivity contribution is 0.0347. The van der Waals surface area contributed by atoms with Gasteiger partial charge in [0, 0.05) is 38.8 Å². The smallest absolute Gasteiger partial charge is 0.191 e. The van der Waals surface area contributed by atoms with Crippen LogP contribution in [0, 0.1) is 0 Å². The van der Waals surface area contributed by atoms with E-state index in [0.29, 0.717) is 12.6 Å². The van der Waals surface area contributed by atoms with Crippen molar-refractivity contribution >= 4 is 5.96 Å². The second kappa shape index (κ2) is 10.6. The molecule has 0 radical (unpaired) electrons. The summed E-state index contributed by atoms with van der Waals surface area (Å²) >= 11 is 0. The average molecular weight is 375 g/mol. The lowest BCUT2D eigenvalue weighted by Crippen LogP contribution is -2.48. The molecule has 3 unspecified atom stereocenters. The molecule has 1 aromatic carbocycles. The van der Waals surface area contributed by atoms with Crippen molar-refractivity contribution < 1.29 is 9.47 Å². The van der Waals surface area contributed by atoms with Crippen LogP contribution in [0.3, 0.4) is 0 Å². The molecule has 2 N–H and O–H groups in total. The zero-order chi connectivity index (χ0) is 18.9. The topological polar surface area (TPSA) is 58.1 Å². The quantitative estimate of drug-likeness (QED) is 0.538. The molecule has 0 aromatic heterocycles. The minimum atomic E-state index is 0.209. The average Bonchev–Trinajstić information content (AvgIpc) is 3.36. The summed E-state index contributed by atoms with van der Waals surface area (Å²) in [6.07, 6.45) is 3.74. The number of rotatable bonds is 8. The van der Waals surface area contributed by atoms with Gasteiger partial charge in [0.1, 0.15) is 0 Å². The molecule has 0 amide bonds. The Morgan fingerprint density at radius 1 is 1.33 bits per heavy atom. The van der Waals surface area contributed by atoms with Gasteiger partial charge in [0.05, 0.1) is 19.3 Å². The van der Waals surface area contributed by atoms with Crippen LogP contribution in [0.5, 0.6) is 0 Å². The Morgan fingerprint density at radius 2 is 2.19 bits per heavy atom. The van der Waals surface area contributed by atoms with Gasteiger partial charge in [0.15, 0.2) is 5.96 Å². The molecule has 6 nitrogen and oxygen atoms in total. The van der Waals surface area contributed by atoms with Crippen molar-refractivity contribution in [3.05, 3.63) is 35.9 Å². The Kier molecular flexibility index (Phi) is 7.93. The number of likely N-dealkylation sites (tertiary alicyclic amines) is 1. The zero-order valence-corrected chi connectivity index (χ0v) is 16.7. The minimum Gasteiger partial charge on any atom is -0.379 e. The van der Waals surface area contributed by atoms with E-state index in [9.17, 15) is 0 Å². The highest BCUT2D eigenvalue weighted by molar-refractivity contribution is 5.79. The molecule has 150 valence electrons. The third-order valence-electron chi connectivity index (χ3n) is 5.31. The number of hydrogen-bond acceptors (Lipinski definition) is 4. The highest BCUT2D eigenvalue weighted by Crippen LogP contribution is 2.19. The van der Waals surface area contributed by atoms with Crippen LogP contribution in [0.2, 0.25) is 0 Å². The van der Waals surface area contributed by atoms with Crippen LogP contribution in [-0.4, -0.2) is 69.0 Å². The molecular formula is C21H34N4O2. The van der Waals surface area contributed by atoms with Crippen LogP contribution in [0.15, 0.2) is 35.3 Å². The summed E-state index contributed by atoms with van der Waals surface area (Å²) in [5, 5.41) is 6.94. The number of nitrogens with zero attached hydrogens (tertiary/aromatic N) is 2. The SMILES string of the molecule is CN=C(NCC1CCCN1Cc1ccccc1)NC(C)COC1CCOC1. The van der Waals surface area contributed by atoms with E-state index in [1.165, 1.54) is 24.9 Å². The predicted molar refractivity (Wildman–Crippen MR) is 109 cm³/mol. The fourth-order valence-corrected chi connectivity index (χ4v) is 3.76. The maximum Gasteiger partial charge on any atom is 0.191 e. The van der Waals surface area contributed by atoms with Crippen molar-refractivity contribution in [1.29, 1.82) is 0 Å². The van der Waals surface area contributed by atoms with Gasteiger partial charge in [0.25, 0.3) is 0 Å². The van der Waals surface area contributed by atoms with Gasteiger partial charge in [-0.2, -0.15) is 0 Å². The van der Waals surface area contributed by atoms with E-state index in [-0.39, 0.29) is 12.1 Å². The van der Waals surface area contributed by atoms with Crippen LogP contribution in [0.25, 0.3) is 0 Å². The summed E-state index contributed by atoms with van der Waals surface area (Å²) in [6.45, 7) is 7.43. The summed E-state index contributed by atoms with van der Waals surface area (Å²) in [5.41, 5.74) is 1.38. The van der Waals surface area contributed by atoms with Gasteiger partial charge in [-0.3, -0.25) is 9.89 Å². The number of guanidine groups is 1. The van der Waals surface area contributed by atoms with Crippen LogP contribution in [0.4, 0.5) is 0 Å². The van der Waals surface area contributed by atoms with E-state index in [1.54, 1.807) is 0 Å². The van der Waals surface area contributed by atoms with Crippen LogP contribution in [0.1, 0.15) is 31.7 Å². The molecule has 2 aliphatic heterocycles. The van der Waals surface area contributed by atoms with Crippen LogP contribution < -0.4 is 10.6 Å². The highest BCUT2D eigenvalue weighted by atomic mass is 16.5. The maximum absolute atomic E-state index is 5.89. The van der Waals surface area contributed by atoms with Gasteiger partial charge >= 0.3 is 0 Å². The Balaban J connectivity index is 1.40. The molecule has 2 aliphatic rings. The van der Waals surface area contributed by atoms with E-state index in [0.717, 1.165) is 38.7 Å². The van der Waals surface area contributed by atoms with Gasteiger partial charge in [-0.15, -0.1) is 0 Å². The van der Waals surface area contributed by atoms with E-state index in [4.69, 9.17) is 9.47 Å². The van der Waals surface area contributed by atoms with Crippen molar-refractivity contribution in [3.63, 3.8) is 0 Å². The lowest BCUT2D eigenvalue weighted by Gasteiger charge is -2.26. The van der Waals surface area contributed by atoms with E-state index < -0.39 is 0 Å². The monoisotopic (exact) mass is 374 g/mol. The third kappa shape index (κ3) is 6.48. The maximum atomic E-state index is 5.89. The number of benzene rings is 1. The second-order valence-electron chi connectivity index (χ2n) is 7.57. The summed E-state index contributed by atoms with van der Waals surface area (Å²) < 4.78 is 11.2. The first-order chi connectivity index (χ1) is 13.2. The van der Waals surface area contributed by atoms with Gasteiger partial charge in [-0.05, 0) is 38.3 Å². The zero-order valence-electron chi connectivity index (χ0n) is 16.7. The molecule has 0 aliphatic carbocycles. The van der Waals surface area contributed by atoms with Gasteiger partial charge in [-0.1, -0.05) is 30.3 Å². The second-order valence-corrected chi connectivity index (χ2v) is 7.57. The molecule has 1 aromatic rings. The molecule has 0 saturated carbocycles. The van der Waals surface area contributed by atoms with Crippen molar-refractivity contribution in [2.75, 3.05) is 40.0 Å². The third-order valence-corrected chi connectivity index (χ3v) is 5.31. The van der Waals surface area contributed by atoms with E-state index in [1.807, 2.05) is 7.05 Å². The number of ether oxygens (including phenoxy) is 2. The number of aliphatic imine (C=N–C) groups is 1. The molecule has 2 fully saturated rings. The molecule has 2 saturated heterocycles. The van der Waals surface area contributed by atoms with Crippen molar-refractivity contribution in [2.24, 2.45) is 4.99 Å². The Labute approximate surface area is 163 Å². The molecular weight excluding hydrogens is 340 g/mol. The predicted octanol–water partition coefficient (Wildman–Crippen LogP) is 2.01. The molecule has 0 bridgehead atoms. The van der Waals surface area contributed by atoms with E-state index >= 15 is 0 Å². The standard InChI is InChI=1S/C21H34N4O2/c1-17(15-27-20-10-12-26-16-20)24-21(22-2)23-13-19-9-6-11-25(19)14-18-7-4-3-5-8-18/h3-5,7-8,17,19-20H,6,9-16H2,1-2H3,(H2,22,23,24). The number of hydrogen-bond donors (Lipinski definition) is 2. The Bertz CT molecular complexity index is 575. The Hall–Kier alpha value is -1.63. The van der Waals surface area contributed by atoms with Crippen LogP contribution >= 0.6 is 0 Å². The van der Waals surface area contributed by atoms with Crippen molar-refractivity contribution in [3.8, 4) is 0 Å². The number of nitrogens with one attached hydrogen (secondary N) is 2. The fraction of sp³-hybridized carbons (Fsp3) is 0.667. The fourth-order valence-electron chi connectivity index (χ4n) is 3.76. The molecule has 3 atom stereocenters. The van der Waals surface area contributed by atoms with Crippen molar-refractivity contribution in [2.45, 2.75) is 50.9 Å². The first-order valence-electron chi connectivity index (χ1n) is 10.2. The van der Waals surface area contributed by atoms with Gasteiger partial charge < -0.3 is 20.1 Å². The normalized spacial score (nSPS) is 24.9. The van der Waals surface area contributed by atoms with Gasteiger partial charge in [0.2, 0.25) is 0 Å². The van der Waals surface area contributed by atoms with E-state index in [2.05, 4.69) is 57.8 Å². The first-order valence-corrected chi connectivity index (χ1v) is 10.2. The summed E-state index contributed by atoms with van der Waals surface area (Å²) in [4.78, 5) is 6.95. The lowest BCUT2D eigenvalue weighted by atomic mass is 10.2. The van der Waals surface area contributed by atoms with Gasteiger partial charge in [-0.25, -0.2) is 0 Å². The Morgan fingerprint density at radius 3 is 2.93 bits per heavy atom. The molecule has 0 spiro atoms. The molecule has 2 heterocycles.